The summed E-state index contributed by atoms with van der Waals surface area (Å²) in [5, 5.41) is 8.78. The van der Waals surface area contributed by atoms with E-state index >= 15 is 0 Å². The lowest BCUT2D eigenvalue weighted by molar-refractivity contribution is -0.137. The summed E-state index contributed by atoms with van der Waals surface area (Å²) in [6, 6.07) is 5.81. The van der Waals surface area contributed by atoms with E-state index in [1.54, 1.807) is 19.1 Å². The molecule has 0 saturated carbocycles. The van der Waals surface area contributed by atoms with Crippen LogP contribution in [0.1, 0.15) is 50.5 Å². The number of carbonyl (C=O) groups is 3. The topological polar surface area (TPSA) is 89.9 Å². The first-order chi connectivity index (χ1) is 13.8. The number of ketones is 2. The molecule has 2 rings (SSSR count). The highest BCUT2D eigenvalue weighted by atomic mass is 19.1. The normalized spacial score (nSPS) is 15.6. The second-order valence-corrected chi connectivity index (χ2v) is 6.86. The Kier molecular flexibility index (Phi) is 7.70. The predicted octanol–water partition coefficient (Wildman–Crippen LogP) is 3.92. The van der Waals surface area contributed by atoms with Gasteiger partial charge in [-0.15, -0.1) is 0 Å². The van der Waals surface area contributed by atoms with Crippen molar-refractivity contribution in [1.82, 2.24) is 0 Å². The van der Waals surface area contributed by atoms with Gasteiger partial charge < -0.3 is 14.6 Å². The molecular weight excluding hydrogens is 379 g/mol. The summed E-state index contributed by atoms with van der Waals surface area (Å²) in [4.78, 5) is 36.5. The fraction of sp³-hybridized carbons (Fsp3) is 0.409. The van der Waals surface area contributed by atoms with E-state index < -0.39 is 29.3 Å². The van der Waals surface area contributed by atoms with Crippen LogP contribution in [0.25, 0.3) is 0 Å². The van der Waals surface area contributed by atoms with Crippen LogP contribution in [0.4, 0.5) is 4.39 Å². The third-order valence-corrected chi connectivity index (χ3v) is 5.02. The van der Waals surface area contributed by atoms with E-state index in [0.29, 0.717) is 36.8 Å². The number of allylic oxidation sites excluding steroid dienone is 2. The Morgan fingerprint density at radius 2 is 1.59 bits per heavy atom. The van der Waals surface area contributed by atoms with Gasteiger partial charge in [0.2, 0.25) is 23.1 Å². The van der Waals surface area contributed by atoms with Gasteiger partial charge in [-0.3, -0.25) is 14.4 Å². The second kappa shape index (κ2) is 10.0. The summed E-state index contributed by atoms with van der Waals surface area (Å²) in [7, 11) is 2.61. The molecule has 29 heavy (non-hydrogen) atoms. The van der Waals surface area contributed by atoms with Gasteiger partial charge in [0.05, 0.1) is 14.2 Å². The van der Waals surface area contributed by atoms with Gasteiger partial charge in [0, 0.05) is 23.5 Å². The van der Waals surface area contributed by atoms with Crippen LogP contribution in [0.3, 0.4) is 0 Å². The van der Waals surface area contributed by atoms with Crippen LogP contribution in [0.15, 0.2) is 46.9 Å². The van der Waals surface area contributed by atoms with Crippen molar-refractivity contribution in [1.29, 1.82) is 0 Å². The summed E-state index contributed by atoms with van der Waals surface area (Å²) >= 11 is 0. The molecule has 156 valence electrons. The molecule has 0 heterocycles. The van der Waals surface area contributed by atoms with Gasteiger partial charge in [-0.2, -0.15) is 0 Å². The van der Waals surface area contributed by atoms with E-state index in [-0.39, 0.29) is 23.5 Å². The summed E-state index contributed by atoms with van der Waals surface area (Å²) in [5.41, 5.74) is 1.28. The molecule has 0 aliphatic heterocycles. The molecular formula is C22H25FO6. The molecule has 0 bridgehead atoms. The lowest BCUT2D eigenvalue weighted by Crippen LogP contribution is -2.28. The Morgan fingerprint density at radius 3 is 2.14 bits per heavy atom. The van der Waals surface area contributed by atoms with Gasteiger partial charge in [-0.1, -0.05) is 25.0 Å². The number of carboxylic acid groups (broad SMARTS) is 1. The molecule has 1 aromatic carbocycles. The number of benzene rings is 1. The Labute approximate surface area is 169 Å². The van der Waals surface area contributed by atoms with Crippen molar-refractivity contribution >= 4 is 17.5 Å². The van der Waals surface area contributed by atoms with Gasteiger partial charge in [0.25, 0.3) is 0 Å². The molecule has 1 unspecified atom stereocenters. The predicted molar refractivity (Wildman–Crippen MR) is 104 cm³/mol. The van der Waals surface area contributed by atoms with Gasteiger partial charge in [0.1, 0.15) is 5.82 Å². The first-order valence-electron chi connectivity index (χ1n) is 9.41. The number of hydrogen-bond donors (Lipinski definition) is 1. The third kappa shape index (κ3) is 5.10. The molecule has 1 aromatic rings. The molecule has 7 heteroatoms. The maximum absolute atomic E-state index is 13.4. The number of methoxy groups -OCH3 is 2. The average Bonchev–Trinajstić information content (AvgIpc) is 2.69. The Bertz CT molecular complexity index is 851. The van der Waals surface area contributed by atoms with Crippen LogP contribution in [-0.4, -0.2) is 36.9 Å². The molecule has 1 atom stereocenters. The number of Topliss-reactive ketones (excluding diaryl/α,β-unsaturated/α-hetero) is 2. The zero-order valence-electron chi connectivity index (χ0n) is 16.8. The van der Waals surface area contributed by atoms with E-state index in [1.807, 2.05) is 0 Å². The zero-order valence-corrected chi connectivity index (χ0v) is 16.8. The maximum Gasteiger partial charge on any atom is 0.303 e. The highest BCUT2D eigenvalue weighted by Gasteiger charge is 2.38. The Balaban J connectivity index is 2.38. The molecule has 0 amide bonds. The fourth-order valence-corrected chi connectivity index (χ4v) is 3.56. The smallest absolute Gasteiger partial charge is 0.303 e. The van der Waals surface area contributed by atoms with Crippen LogP contribution in [0.2, 0.25) is 0 Å². The van der Waals surface area contributed by atoms with E-state index in [9.17, 15) is 18.8 Å². The SMILES string of the molecule is COC1=C(OC)C(=O)C(C(CCCCCC(=O)O)c2ccc(F)cc2)=C(C)C1=O. The minimum atomic E-state index is -0.853. The molecule has 0 saturated heterocycles. The quantitative estimate of drug-likeness (QED) is 0.470. The number of ether oxygens (including phenoxy) is 2. The maximum atomic E-state index is 13.4. The molecule has 1 aliphatic rings. The largest absolute Gasteiger partial charge is 0.489 e. The van der Waals surface area contributed by atoms with Gasteiger partial charge in [0.15, 0.2) is 0 Å². The monoisotopic (exact) mass is 404 g/mol. The standard InChI is InChI=1S/C22H25FO6/c1-13-18(20(27)22(29-3)21(28-2)19(13)26)16(7-5-4-6-8-17(24)25)14-9-11-15(23)12-10-14/h9-12,16H,4-8H2,1-3H3,(H,24,25). The molecule has 0 radical (unpaired) electrons. The number of halogens is 1. The lowest BCUT2D eigenvalue weighted by atomic mass is 9.78. The van der Waals surface area contributed by atoms with Crippen molar-refractivity contribution in [3.8, 4) is 0 Å². The van der Waals surface area contributed by atoms with Gasteiger partial charge in [-0.25, -0.2) is 4.39 Å². The number of carbonyl (C=O) groups excluding carboxylic acids is 2. The van der Waals surface area contributed by atoms with Crippen LogP contribution in [0.5, 0.6) is 0 Å². The van der Waals surface area contributed by atoms with Crippen LogP contribution >= 0.6 is 0 Å². The summed E-state index contributed by atoms with van der Waals surface area (Å²) < 4.78 is 23.6. The van der Waals surface area contributed by atoms with Crippen molar-refractivity contribution in [2.24, 2.45) is 0 Å². The van der Waals surface area contributed by atoms with Crippen molar-refractivity contribution in [3.63, 3.8) is 0 Å². The van der Waals surface area contributed by atoms with Crippen LogP contribution < -0.4 is 0 Å². The molecule has 0 aromatic heterocycles. The van der Waals surface area contributed by atoms with Gasteiger partial charge in [-0.05, 0) is 37.5 Å². The highest BCUT2D eigenvalue weighted by Crippen LogP contribution is 2.38. The van der Waals surface area contributed by atoms with E-state index in [2.05, 4.69) is 0 Å². The summed E-state index contributed by atoms with van der Waals surface area (Å²) in [5.74, 6) is -2.81. The first-order valence-corrected chi connectivity index (χ1v) is 9.41. The molecule has 0 spiro atoms. The zero-order chi connectivity index (χ0) is 21.6. The first kappa shape index (κ1) is 22.3. The van der Waals surface area contributed by atoms with Crippen molar-refractivity contribution < 1.29 is 33.4 Å². The van der Waals surface area contributed by atoms with Gasteiger partial charge >= 0.3 is 5.97 Å². The van der Waals surface area contributed by atoms with Crippen LogP contribution in [0, 0.1) is 5.82 Å². The van der Waals surface area contributed by atoms with Crippen LogP contribution in [-0.2, 0) is 23.9 Å². The number of unbranched alkanes of at least 4 members (excludes halogenated alkanes) is 2. The van der Waals surface area contributed by atoms with Crippen molar-refractivity contribution in [2.75, 3.05) is 14.2 Å². The van der Waals surface area contributed by atoms with Crippen molar-refractivity contribution in [3.05, 3.63) is 58.3 Å². The lowest BCUT2D eigenvalue weighted by Gasteiger charge is -2.26. The van der Waals surface area contributed by atoms with Crippen molar-refractivity contribution in [2.45, 2.75) is 44.9 Å². The minimum absolute atomic E-state index is 0.0775. The number of carboxylic acids is 1. The number of rotatable bonds is 10. The van der Waals surface area contributed by atoms with E-state index in [0.717, 1.165) is 0 Å². The number of aliphatic carboxylic acids is 1. The minimum Gasteiger partial charge on any atom is -0.489 e. The van der Waals surface area contributed by atoms with E-state index in [1.165, 1.54) is 26.4 Å². The summed E-state index contributed by atoms with van der Waals surface area (Å²) in [6.45, 7) is 1.57. The third-order valence-electron chi connectivity index (χ3n) is 5.02. The van der Waals surface area contributed by atoms with E-state index in [4.69, 9.17) is 14.6 Å². The fourth-order valence-electron chi connectivity index (χ4n) is 3.56. The Hall–Kier alpha value is -2.96. The molecule has 6 nitrogen and oxygen atoms in total. The molecule has 0 fully saturated rings. The Morgan fingerprint density at radius 1 is 1.00 bits per heavy atom. The average molecular weight is 404 g/mol. The second-order valence-electron chi connectivity index (χ2n) is 6.86. The molecule has 1 N–H and O–H groups in total. The highest BCUT2D eigenvalue weighted by molar-refractivity contribution is 6.23. The number of hydrogen-bond acceptors (Lipinski definition) is 5. The molecule has 1 aliphatic carbocycles. The summed E-state index contributed by atoms with van der Waals surface area (Å²) in [6.07, 6.45) is 2.42.